The Morgan fingerprint density at radius 2 is 0.596 bits per heavy atom. The van der Waals surface area contributed by atoms with Gasteiger partial charge in [0, 0.05) is 44.8 Å². The molecule has 9 rings (SSSR count). The van der Waals surface area contributed by atoms with Crippen LogP contribution in [0, 0.1) is 0 Å². The number of rotatable bonds is 0. The first-order valence-corrected chi connectivity index (χ1v) is 19.5. The van der Waals surface area contributed by atoms with E-state index in [2.05, 4.69) is 156 Å². The van der Waals surface area contributed by atoms with Crippen LogP contribution in [0.4, 0.5) is 0 Å². The van der Waals surface area contributed by atoms with Crippen molar-refractivity contribution in [2.24, 2.45) is 0 Å². The molecule has 0 fully saturated rings. The van der Waals surface area contributed by atoms with Crippen LogP contribution in [-0.2, 0) is 38.7 Å². The van der Waals surface area contributed by atoms with Gasteiger partial charge < -0.3 is 29.9 Å². The molecule has 0 aliphatic carbocycles. The quantitative estimate of drug-likeness (QED) is 0.140. The Bertz CT molecular complexity index is 2760. The van der Waals surface area contributed by atoms with Crippen LogP contribution in [0.3, 0.4) is 0 Å². The van der Waals surface area contributed by atoms with Gasteiger partial charge in [0.2, 0.25) is 0 Å². The molecule has 0 atom stereocenters. The average Bonchev–Trinajstić information content (AvgIpc) is 3.84. The van der Waals surface area contributed by atoms with Crippen LogP contribution in [0.25, 0.3) is 89.7 Å². The topological polar surface area (TPSA) is 106 Å². The van der Waals surface area contributed by atoms with E-state index in [4.69, 9.17) is 39.9 Å². The second-order valence-corrected chi connectivity index (χ2v) is 19.5. The van der Waals surface area contributed by atoms with Gasteiger partial charge in [-0.15, -0.1) is 0 Å². The van der Waals surface area contributed by atoms with Crippen molar-refractivity contribution in [3.8, 4) is 45.6 Å². The number of benzene rings is 4. The summed E-state index contributed by atoms with van der Waals surface area (Å²) in [5.74, 6) is 2.24. The van der Waals surface area contributed by atoms with E-state index in [1.165, 1.54) is 22.3 Å². The van der Waals surface area contributed by atoms with Gasteiger partial charge in [-0.3, -0.25) is 0 Å². The van der Waals surface area contributed by atoms with Crippen LogP contribution < -0.4 is 9.97 Å². The Morgan fingerprint density at radius 3 is 0.930 bits per heavy atom. The van der Waals surface area contributed by atoms with Crippen molar-refractivity contribution in [3.63, 3.8) is 0 Å². The van der Waals surface area contributed by atoms with E-state index >= 15 is 0 Å². The van der Waals surface area contributed by atoms with Crippen LogP contribution in [-0.4, -0.2) is 29.9 Å². The number of hydrogen-bond donors (Lipinski definition) is 0. The number of fused-ring (bicyclic) bond motifs is 20. The zero-order chi connectivity index (χ0) is 39.7. The molecule has 0 unspecified atom stereocenters. The monoisotopic (exact) mass is 799 g/mol. The number of aromatic nitrogens is 8. The maximum absolute atomic E-state index is 5.25. The van der Waals surface area contributed by atoms with E-state index in [1.807, 2.05) is 0 Å². The molecule has 57 heavy (non-hydrogen) atoms. The van der Waals surface area contributed by atoms with Gasteiger partial charge in [0.15, 0.2) is 0 Å². The zero-order valence-corrected chi connectivity index (χ0v) is 35.7. The first kappa shape index (κ1) is 38.6. The third kappa shape index (κ3) is 6.65. The molecule has 7 aromatic rings. The molecule has 9 heteroatoms. The van der Waals surface area contributed by atoms with Crippen LogP contribution in [0.2, 0.25) is 0 Å². The zero-order valence-electron chi connectivity index (χ0n) is 34.8. The Kier molecular flexibility index (Phi) is 8.73. The Morgan fingerprint density at radius 1 is 0.316 bits per heavy atom. The normalized spacial score (nSPS) is 13.1. The Balaban J connectivity index is 0.00000455. The van der Waals surface area contributed by atoms with Crippen molar-refractivity contribution >= 4 is 44.1 Å². The maximum Gasteiger partial charge on any atom is 2.00 e. The molecule has 0 saturated heterocycles. The fourth-order valence-electron chi connectivity index (χ4n) is 7.53. The predicted octanol–water partition coefficient (Wildman–Crippen LogP) is 11.3. The summed E-state index contributed by atoms with van der Waals surface area (Å²) in [7, 11) is 0. The van der Waals surface area contributed by atoms with Crippen LogP contribution in [0.15, 0.2) is 72.8 Å². The van der Waals surface area contributed by atoms with Crippen molar-refractivity contribution in [3.05, 3.63) is 95.1 Å². The van der Waals surface area contributed by atoms with E-state index in [0.29, 0.717) is 45.9 Å². The van der Waals surface area contributed by atoms with Crippen molar-refractivity contribution in [2.45, 2.75) is 105 Å². The molecule has 0 amide bonds. The summed E-state index contributed by atoms with van der Waals surface area (Å²) in [5.41, 5.74) is 10.3. The Labute approximate surface area is 345 Å². The third-order valence-corrected chi connectivity index (χ3v) is 11.2. The fourth-order valence-corrected chi connectivity index (χ4v) is 7.53. The van der Waals surface area contributed by atoms with Crippen LogP contribution in [0.5, 0.6) is 0 Å². The van der Waals surface area contributed by atoms with E-state index in [-0.39, 0.29) is 38.7 Å². The molecule has 0 N–H and O–H groups in total. The molecule has 3 aromatic heterocycles. The molecule has 0 saturated carbocycles. The first-order valence-electron chi connectivity index (χ1n) is 19.5. The summed E-state index contributed by atoms with van der Waals surface area (Å²) in [5, 5.41) is 3.64. The summed E-state index contributed by atoms with van der Waals surface area (Å²) in [4.78, 5) is 41.6. The molecule has 2 aliphatic rings. The summed E-state index contributed by atoms with van der Waals surface area (Å²) >= 11 is 0. The third-order valence-electron chi connectivity index (χ3n) is 11.2. The van der Waals surface area contributed by atoms with E-state index in [0.717, 1.165) is 43.8 Å². The van der Waals surface area contributed by atoms with Gasteiger partial charge in [0.25, 0.3) is 0 Å². The molecule has 8 nitrogen and oxygen atoms in total. The van der Waals surface area contributed by atoms with Gasteiger partial charge in [-0.05, 0) is 89.7 Å². The molecule has 1 radical (unpaired) electrons. The molecule has 291 valence electrons. The second-order valence-electron chi connectivity index (χ2n) is 19.5. The van der Waals surface area contributed by atoms with Crippen molar-refractivity contribution < 1.29 is 17.1 Å². The summed E-state index contributed by atoms with van der Waals surface area (Å²) < 4.78 is 0. The first-order chi connectivity index (χ1) is 26.2. The van der Waals surface area contributed by atoms with Gasteiger partial charge in [-0.2, -0.15) is 0 Å². The van der Waals surface area contributed by atoms with Crippen molar-refractivity contribution in [2.75, 3.05) is 0 Å². The van der Waals surface area contributed by atoms with Gasteiger partial charge in [-0.1, -0.05) is 132 Å². The van der Waals surface area contributed by atoms with Crippen LogP contribution >= 0.6 is 0 Å². The fraction of sp³-hybridized carbons (Fsp3) is 0.333. The predicted molar refractivity (Wildman–Crippen MR) is 229 cm³/mol. The Hall–Kier alpha value is -5.24. The molecule has 2 aliphatic heterocycles. The minimum Gasteiger partial charge on any atom is -0.357 e. The molecule has 8 bridgehead atoms. The smallest absolute Gasteiger partial charge is 0.357 e. The van der Waals surface area contributed by atoms with E-state index < -0.39 is 0 Å². The molecule has 0 spiro atoms. The summed E-state index contributed by atoms with van der Waals surface area (Å²) in [6.07, 6.45) is 0. The van der Waals surface area contributed by atoms with Crippen molar-refractivity contribution in [1.29, 1.82) is 0 Å². The largest absolute Gasteiger partial charge is 2.00 e. The van der Waals surface area contributed by atoms with Gasteiger partial charge >= 0.3 is 17.1 Å². The van der Waals surface area contributed by atoms with Gasteiger partial charge in [0.05, 0.1) is 23.3 Å². The summed E-state index contributed by atoms with van der Waals surface area (Å²) in [6.45, 7) is 26.6. The minimum atomic E-state index is -0.0826. The van der Waals surface area contributed by atoms with Gasteiger partial charge in [0.1, 0.15) is 0 Å². The molecule has 5 heterocycles. The van der Waals surface area contributed by atoms with Crippen LogP contribution in [0.1, 0.15) is 105 Å². The van der Waals surface area contributed by atoms with Gasteiger partial charge in [-0.25, -0.2) is 9.97 Å². The molecule has 4 aromatic carbocycles. The standard InChI is InChI=1S/C48H48N8.Cu/c1-45(2,3)25-13-17-29-33(21-25)41-49-37(29)54-42-35-23-27(47(7,8)9)15-19-31(35)39(51-42)56-44-36-24-28(48(10,11)12)16-20-32(36)40(52-44)55-43-34-22-26(46(4,5)6)14-18-30(34)38(50-43)53-41;/h13-24H,1-12H3;/q-2;+2. The molecular weight excluding hydrogens is 752 g/mol. The second kappa shape index (κ2) is 12.9. The van der Waals surface area contributed by atoms with Crippen molar-refractivity contribution in [1.82, 2.24) is 39.9 Å². The van der Waals surface area contributed by atoms with E-state index in [9.17, 15) is 0 Å². The average molecular weight is 801 g/mol. The molecular formula is C48H48CuN8. The maximum atomic E-state index is 5.25. The summed E-state index contributed by atoms with van der Waals surface area (Å²) in [6, 6.07) is 25.9. The SMILES string of the molecule is CC(C)(C)c1ccc2c(c1)-c1nc-2nc2[n-]c(nc3nc(nc4[n-]c(n1)c1ccc(C(C)(C)C)cc41)-c1ccc(C(C)(C)C)cc1-3)c1ccc(C(C)(C)C)cc21.[Cu+2]. The number of nitrogens with zero attached hydrogens (tertiary/aromatic N) is 8. The van der Waals surface area contributed by atoms with E-state index in [1.54, 1.807) is 0 Å². The minimum absolute atomic E-state index is 0. The number of hydrogen-bond acceptors (Lipinski definition) is 6.